The van der Waals surface area contributed by atoms with E-state index in [0.717, 1.165) is 0 Å². The molecule has 0 aliphatic heterocycles. The number of carbonyl (C=O) groups excluding carboxylic acids is 1. The molecule has 0 atom stereocenters. The molecule has 0 aromatic rings. The van der Waals surface area contributed by atoms with Gasteiger partial charge in [0, 0.05) is 0 Å². The molecule has 1 amide bonds. The van der Waals surface area contributed by atoms with Gasteiger partial charge in [-0.3, -0.25) is 0 Å². The topological polar surface area (TPSA) is 38.3 Å². The lowest BCUT2D eigenvalue weighted by atomic mass is 10.7. The van der Waals surface area contributed by atoms with Crippen LogP contribution in [0.15, 0.2) is 0 Å². The van der Waals surface area contributed by atoms with Crippen molar-refractivity contribution in [2.45, 2.75) is 7.59 Å². The number of ether oxygens (including phenoxy) is 1. The van der Waals surface area contributed by atoms with Crippen LogP contribution in [-0.2, 0) is 4.74 Å². The van der Waals surface area contributed by atoms with Gasteiger partial charge < -0.3 is 10.1 Å². The van der Waals surface area contributed by atoms with Crippen LogP contribution in [0.2, 0.25) is 0 Å². The van der Waals surface area contributed by atoms with E-state index in [1.807, 2.05) is 0 Å². The average Bonchev–Trinajstić information content (AvgIpc) is 1.94. The summed E-state index contributed by atoms with van der Waals surface area (Å²) in [6.07, 6.45) is -0.831. The number of alkyl halides is 6. The molecule has 0 radical (unpaired) electrons. The number of nitrogens with one attached hydrogen (secondary N) is 1. The molecule has 9 heteroatoms. The largest absolute Gasteiger partial charge is 0.445 e. The molecular formula is C5H5Cl6NO2. The van der Waals surface area contributed by atoms with Crippen LogP contribution in [0.25, 0.3) is 0 Å². The minimum Gasteiger partial charge on any atom is -0.445 e. The maximum atomic E-state index is 10.9. The molecule has 0 heterocycles. The number of hydrogen-bond donors (Lipinski definition) is 1. The molecule has 0 fully saturated rings. The molecule has 0 aromatic heterocycles. The summed E-state index contributed by atoms with van der Waals surface area (Å²) < 4.78 is 1.24. The van der Waals surface area contributed by atoms with E-state index in [-0.39, 0.29) is 13.2 Å². The van der Waals surface area contributed by atoms with Gasteiger partial charge in [0.05, 0.1) is 6.54 Å². The summed E-state index contributed by atoms with van der Waals surface area (Å²) >= 11 is 32.0. The first-order valence-corrected chi connectivity index (χ1v) is 5.41. The third-order valence-corrected chi connectivity index (χ3v) is 1.53. The second-order valence-electron chi connectivity index (χ2n) is 2.16. The molecule has 0 bridgehead atoms. The number of hydrogen-bond acceptors (Lipinski definition) is 2. The Kier molecular flexibility index (Phi) is 6.35. The Balaban J connectivity index is 3.68. The van der Waals surface area contributed by atoms with E-state index >= 15 is 0 Å². The number of carbonyl (C=O) groups is 1. The fourth-order valence-corrected chi connectivity index (χ4v) is 0.735. The molecular weight excluding hydrogens is 319 g/mol. The van der Waals surface area contributed by atoms with Crippen molar-refractivity contribution < 1.29 is 9.53 Å². The average molecular weight is 324 g/mol. The fourth-order valence-electron chi connectivity index (χ4n) is 0.371. The van der Waals surface area contributed by atoms with Crippen molar-refractivity contribution in [3.63, 3.8) is 0 Å². The normalized spacial score (nSPS) is 12.4. The van der Waals surface area contributed by atoms with Crippen molar-refractivity contribution in [2.75, 3.05) is 13.2 Å². The van der Waals surface area contributed by atoms with Crippen LogP contribution in [0.5, 0.6) is 0 Å². The molecule has 1 N–H and O–H groups in total. The molecule has 14 heavy (non-hydrogen) atoms. The van der Waals surface area contributed by atoms with Crippen LogP contribution in [0, 0.1) is 0 Å². The van der Waals surface area contributed by atoms with Crippen LogP contribution in [-0.4, -0.2) is 26.8 Å². The van der Waals surface area contributed by atoms with E-state index in [1.165, 1.54) is 0 Å². The number of alkyl carbamates (subject to hydrolysis) is 1. The minimum absolute atomic E-state index is 0.198. The van der Waals surface area contributed by atoms with Gasteiger partial charge in [-0.2, -0.15) is 0 Å². The predicted octanol–water partition coefficient (Wildman–Crippen LogP) is 3.45. The Morgan fingerprint density at radius 2 is 1.57 bits per heavy atom. The third-order valence-electron chi connectivity index (χ3n) is 0.800. The predicted molar refractivity (Wildman–Crippen MR) is 59.9 cm³/mol. The van der Waals surface area contributed by atoms with Gasteiger partial charge in [-0.25, -0.2) is 4.79 Å². The Hall–Kier alpha value is 1.01. The van der Waals surface area contributed by atoms with Gasteiger partial charge in [-0.1, -0.05) is 69.6 Å². The van der Waals surface area contributed by atoms with Gasteiger partial charge in [0.1, 0.15) is 6.61 Å². The second kappa shape index (κ2) is 5.92. The first kappa shape index (κ1) is 15.0. The van der Waals surface area contributed by atoms with Crippen molar-refractivity contribution in [2.24, 2.45) is 0 Å². The van der Waals surface area contributed by atoms with E-state index in [0.29, 0.717) is 0 Å². The second-order valence-corrected chi connectivity index (χ2v) is 7.19. The summed E-state index contributed by atoms with van der Waals surface area (Å²) in [6.45, 7) is -0.584. The zero-order valence-electron chi connectivity index (χ0n) is 6.50. The molecule has 0 aliphatic rings. The van der Waals surface area contributed by atoms with Crippen LogP contribution in [0.4, 0.5) is 4.79 Å². The summed E-state index contributed by atoms with van der Waals surface area (Å²) in [5.41, 5.74) is 0. The summed E-state index contributed by atoms with van der Waals surface area (Å²) in [6, 6.07) is 0. The van der Waals surface area contributed by atoms with Crippen molar-refractivity contribution >= 4 is 75.7 Å². The monoisotopic (exact) mass is 321 g/mol. The summed E-state index contributed by atoms with van der Waals surface area (Å²) in [5, 5.41) is 2.16. The summed E-state index contributed by atoms with van der Waals surface area (Å²) in [7, 11) is 0. The summed E-state index contributed by atoms with van der Waals surface area (Å²) in [5.74, 6) is 0. The molecule has 0 rings (SSSR count). The third kappa shape index (κ3) is 11.1. The zero-order valence-corrected chi connectivity index (χ0v) is 11.0. The van der Waals surface area contributed by atoms with Crippen LogP contribution in [0.3, 0.4) is 0 Å². The van der Waals surface area contributed by atoms with E-state index in [1.54, 1.807) is 0 Å². The minimum atomic E-state index is -1.66. The maximum absolute atomic E-state index is 10.9. The SMILES string of the molecule is O=C(NCC(Cl)(Cl)Cl)OCC(Cl)(Cl)Cl. The maximum Gasteiger partial charge on any atom is 0.407 e. The Bertz CT molecular complexity index is 177. The van der Waals surface area contributed by atoms with Crippen molar-refractivity contribution in [1.29, 1.82) is 0 Å². The van der Waals surface area contributed by atoms with Gasteiger partial charge in [0.25, 0.3) is 0 Å². The lowest BCUT2D eigenvalue weighted by Gasteiger charge is -2.14. The molecule has 0 spiro atoms. The number of rotatable bonds is 2. The van der Waals surface area contributed by atoms with Crippen molar-refractivity contribution in [3.8, 4) is 0 Å². The van der Waals surface area contributed by atoms with Crippen LogP contribution >= 0.6 is 69.6 Å². The fraction of sp³-hybridized carbons (Fsp3) is 0.800. The van der Waals surface area contributed by atoms with E-state index in [2.05, 4.69) is 10.1 Å². The lowest BCUT2D eigenvalue weighted by molar-refractivity contribution is 0.148. The highest BCUT2D eigenvalue weighted by Crippen LogP contribution is 2.26. The van der Waals surface area contributed by atoms with E-state index < -0.39 is 13.7 Å². The molecule has 3 nitrogen and oxygen atoms in total. The number of amides is 1. The molecule has 0 saturated carbocycles. The van der Waals surface area contributed by atoms with Crippen molar-refractivity contribution in [1.82, 2.24) is 5.32 Å². The molecule has 0 aromatic carbocycles. The van der Waals surface area contributed by atoms with Crippen LogP contribution < -0.4 is 5.32 Å². The standard InChI is InChI=1S/C5H5Cl6NO2/c6-4(7,8)1-12-3(13)14-2-5(9,10)11/h1-2H2,(H,12,13). The van der Waals surface area contributed by atoms with Gasteiger partial charge in [-0.15, -0.1) is 0 Å². The highest BCUT2D eigenvalue weighted by atomic mass is 35.6. The van der Waals surface area contributed by atoms with Crippen molar-refractivity contribution in [3.05, 3.63) is 0 Å². The first-order chi connectivity index (χ1) is 6.10. The first-order valence-electron chi connectivity index (χ1n) is 3.14. The summed E-state index contributed by atoms with van der Waals surface area (Å²) in [4.78, 5) is 10.9. The molecule has 0 unspecified atom stereocenters. The highest BCUT2D eigenvalue weighted by Gasteiger charge is 2.24. The number of halogens is 6. The molecule has 84 valence electrons. The Morgan fingerprint density at radius 1 is 1.07 bits per heavy atom. The lowest BCUT2D eigenvalue weighted by Crippen LogP contribution is -2.34. The van der Waals surface area contributed by atoms with E-state index in [4.69, 9.17) is 69.6 Å². The molecule has 0 saturated heterocycles. The highest BCUT2D eigenvalue weighted by molar-refractivity contribution is 6.68. The van der Waals surface area contributed by atoms with E-state index in [9.17, 15) is 4.79 Å². The van der Waals surface area contributed by atoms with Gasteiger partial charge in [0.2, 0.25) is 7.59 Å². The van der Waals surface area contributed by atoms with Gasteiger partial charge in [0.15, 0.2) is 0 Å². The zero-order chi connectivity index (χ0) is 11.4. The van der Waals surface area contributed by atoms with Gasteiger partial charge >= 0.3 is 6.09 Å². The Labute approximate surface area is 111 Å². The quantitative estimate of drug-likeness (QED) is 0.790. The Morgan fingerprint density at radius 3 is 1.93 bits per heavy atom. The smallest absolute Gasteiger partial charge is 0.407 e. The molecule has 0 aliphatic carbocycles. The van der Waals surface area contributed by atoms with Crippen LogP contribution in [0.1, 0.15) is 0 Å². The van der Waals surface area contributed by atoms with Gasteiger partial charge in [-0.05, 0) is 0 Å².